The van der Waals surface area contributed by atoms with Gasteiger partial charge in [0.2, 0.25) is 0 Å². The van der Waals surface area contributed by atoms with E-state index in [1.54, 1.807) is 0 Å². The van der Waals surface area contributed by atoms with Gasteiger partial charge < -0.3 is 10.2 Å². The van der Waals surface area contributed by atoms with Gasteiger partial charge in [0.15, 0.2) is 0 Å². The molecule has 1 N–H and O–H groups in total. The van der Waals surface area contributed by atoms with Crippen LogP contribution in [0.15, 0.2) is 0 Å². The molecule has 1 saturated heterocycles. The third-order valence-corrected chi connectivity index (χ3v) is 4.63. The lowest BCUT2D eigenvalue weighted by Gasteiger charge is -2.46. The first-order valence-electron chi connectivity index (χ1n) is 8.05. The molecule has 0 radical (unpaired) electrons. The monoisotopic (exact) mass is 252 g/mol. The molecule has 1 aliphatic carbocycles. The molecular weight excluding hydrogens is 220 g/mol. The van der Waals surface area contributed by atoms with Crippen LogP contribution in [0, 0.1) is 5.92 Å². The standard InChI is InChI=1S/C16H32N2/c1-16(2,3)17-13-14-9-10-15(14)18-11-7-5-4-6-8-12-18/h14-15,17H,4-13H2,1-3H3. The zero-order valence-corrected chi connectivity index (χ0v) is 12.7. The fourth-order valence-electron chi connectivity index (χ4n) is 3.31. The molecule has 2 unspecified atom stereocenters. The molecule has 2 atom stereocenters. The number of likely N-dealkylation sites (tertiary alicyclic amines) is 1. The van der Waals surface area contributed by atoms with Crippen LogP contribution in [0.25, 0.3) is 0 Å². The Bertz CT molecular complexity index is 236. The van der Waals surface area contributed by atoms with E-state index in [1.165, 1.54) is 64.6 Å². The first kappa shape index (κ1) is 14.3. The lowest BCUT2D eigenvalue weighted by Crippen LogP contribution is -2.53. The fraction of sp³-hybridized carbons (Fsp3) is 1.00. The van der Waals surface area contributed by atoms with E-state index in [0.717, 1.165) is 12.0 Å². The maximum Gasteiger partial charge on any atom is 0.0136 e. The predicted molar refractivity (Wildman–Crippen MR) is 78.9 cm³/mol. The highest BCUT2D eigenvalue weighted by Gasteiger charge is 2.35. The van der Waals surface area contributed by atoms with Crippen molar-refractivity contribution in [3.05, 3.63) is 0 Å². The van der Waals surface area contributed by atoms with Gasteiger partial charge in [0.1, 0.15) is 0 Å². The highest BCUT2D eigenvalue weighted by atomic mass is 15.2. The van der Waals surface area contributed by atoms with Gasteiger partial charge in [0.05, 0.1) is 0 Å². The molecule has 2 nitrogen and oxygen atoms in total. The molecule has 1 aliphatic heterocycles. The van der Waals surface area contributed by atoms with E-state index in [2.05, 4.69) is 31.0 Å². The van der Waals surface area contributed by atoms with Crippen LogP contribution in [-0.4, -0.2) is 36.1 Å². The lowest BCUT2D eigenvalue weighted by atomic mass is 9.77. The summed E-state index contributed by atoms with van der Waals surface area (Å²) >= 11 is 0. The van der Waals surface area contributed by atoms with Crippen LogP contribution < -0.4 is 5.32 Å². The van der Waals surface area contributed by atoms with Gasteiger partial charge in [-0.3, -0.25) is 0 Å². The Balaban J connectivity index is 1.77. The van der Waals surface area contributed by atoms with Crippen molar-refractivity contribution in [2.45, 2.75) is 77.3 Å². The number of hydrogen-bond acceptors (Lipinski definition) is 2. The summed E-state index contributed by atoms with van der Waals surface area (Å²) in [6, 6.07) is 0.887. The molecule has 1 saturated carbocycles. The maximum atomic E-state index is 3.69. The summed E-state index contributed by atoms with van der Waals surface area (Å²) < 4.78 is 0. The van der Waals surface area contributed by atoms with Gasteiger partial charge in [-0.2, -0.15) is 0 Å². The molecule has 18 heavy (non-hydrogen) atoms. The molecule has 0 spiro atoms. The Morgan fingerprint density at radius 2 is 1.56 bits per heavy atom. The van der Waals surface area contributed by atoms with Crippen molar-refractivity contribution in [1.82, 2.24) is 10.2 Å². The molecule has 2 heteroatoms. The summed E-state index contributed by atoms with van der Waals surface area (Å²) in [5, 5.41) is 3.69. The van der Waals surface area contributed by atoms with E-state index in [4.69, 9.17) is 0 Å². The average molecular weight is 252 g/mol. The SMILES string of the molecule is CC(C)(C)NCC1CCC1N1CCCCCCC1. The molecule has 1 heterocycles. The zero-order chi connectivity index (χ0) is 13.0. The quantitative estimate of drug-likeness (QED) is 0.828. The number of hydrogen-bond donors (Lipinski definition) is 1. The molecular formula is C16H32N2. The second-order valence-electron chi connectivity index (χ2n) is 7.34. The zero-order valence-electron chi connectivity index (χ0n) is 12.7. The normalized spacial score (nSPS) is 31.5. The summed E-state index contributed by atoms with van der Waals surface area (Å²) in [5.41, 5.74) is 0.274. The Kier molecular flexibility index (Phi) is 5.08. The van der Waals surface area contributed by atoms with Gasteiger partial charge >= 0.3 is 0 Å². The van der Waals surface area contributed by atoms with Crippen LogP contribution in [0.1, 0.15) is 65.7 Å². The van der Waals surface area contributed by atoms with Crippen molar-refractivity contribution in [3.8, 4) is 0 Å². The van der Waals surface area contributed by atoms with Gasteiger partial charge in [0, 0.05) is 11.6 Å². The van der Waals surface area contributed by atoms with Gasteiger partial charge in [-0.05, 0) is 72.0 Å². The Morgan fingerprint density at radius 3 is 2.06 bits per heavy atom. The van der Waals surface area contributed by atoms with Crippen LogP contribution in [0.5, 0.6) is 0 Å². The minimum atomic E-state index is 0.274. The first-order chi connectivity index (χ1) is 8.56. The van der Waals surface area contributed by atoms with Crippen molar-refractivity contribution in [2.75, 3.05) is 19.6 Å². The van der Waals surface area contributed by atoms with E-state index in [9.17, 15) is 0 Å². The largest absolute Gasteiger partial charge is 0.312 e. The van der Waals surface area contributed by atoms with Gasteiger partial charge in [-0.15, -0.1) is 0 Å². The fourth-order valence-corrected chi connectivity index (χ4v) is 3.31. The summed E-state index contributed by atoms with van der Waals surface area (Å²) in [6.07, 6.45) is 10.1. The Hall–Kier alpha value is -0.0800. The molecule has 0 aromatic rings. The van der Waals surface area contributed by atoms with Crippen molar-refractivity contribution >= 4 is 0 Å². The van der Waals surface area contributed by atoms with Crippen LogP contribution >= 0.6 is 0 Å². The van der Waals surface area contributed by atoms with Crippen molar-refractivity contribution < 1.29 is 0 Å². The van der Waals surface area contributed by atoms with Crippen LogP contribution in [-0.2, 0) is 0 Å². The smallest absolute Gasteiger partial charge is 0.0136 e. The van der Waals surface area contributed by atoms with Crippen molar-refractivity contribution in [3.63, 3.8) is 0 Å². The first-order valence-corrected chi connectivity index (χ1v) is 8.05. The van der Waals surface area contributed by atoms with E-state index >= 15 is 0 Å². The number of nitrogens with one attached hydrogen (secondary N) is 1. The topological polar surface area (TPSA) is 15.3 Å². The minimum absolute atomic E-state index is 0.274. The molecule has 2 fully saturated rings. The van der Waals surface area contributed by atoms with Crippen molar-refractivity contribution in [1.29, 1.82) is 0 Å². The third kappa shape index (κ3) is 4.24. The van der Waals surface area contributed by atoms with Gasteiger partial charge in [-0.25, -0.2) is 0 Å². The molecule has 106 valence electrons. The highest BCUT2D eigenvalue weighted by Crippen LogP contribution is 2.33. The molecule has 0 aromatic carbocycles. The Morgan fingerprint density at radius 1 is 0.944 bits per heavy atom. The van der Waals surface area contributed by atoms with Gasteiger partial charge in [0.25, 0.3) is 0 Å². The number of nitrogens with zero attached hydrogens (tertiary/aromatic N) is 1. The summed E-state index contributed by atoms with van der Waals surface area (Å²) in [6.45, 7) is 10.8. The Labute approximate surface area is 114 Å². The van der Waals surface area contributed by atoms with E-state index in [-0.39, 0.29) is 5.54 Å². The van der Waals surface area contributed by atoms with E-state index < -0.39 is 0 Å². The van der Waals surface area contributed by atoms with Crippen LogP contribution in [0.3, 0.4) is 0 Å². The molecule has 0 aromatic heterocycles. The van der Waals surface area contributed by atoms with Crippen LogP contribution in [0.4, 0.5) is 0 Å². The molecule has 2 rings (SSSR count). The summed E-state index contributed by atoms with van der Waals surface area (Å²) in [7, 11) is 0. The second kappa shape index (κ2) is 6.38. The molecule has 2 aliphatic rings. The van der Waals surface area contributed by atoms with E-state index in [0.29, 0.717) is 0 Å². The number of rotatable bonds is 3. The highest BCUT2D eigenvalue weighted by molar-refractivity contribution is 4.91. The summed E-state index contributed by atoms with van der Waals surface area (Å²) in [4.78, 5) is 2.80. The predicted octanol–water partition coefficient (Wildman–Crippen LogP) is 3.42. The molecule has 0 amide bonds. The average Bonchev–Trinajstić information content (AvgIpc) is 2.18. The molecule has 0 bridgehead atoms. The lowest BCUT2D eigenvalue weighted by molar-refractivity contribution is 0.0520. The third-order valence-electron chi connectivity index (χ3n) is 4.63. The van der Waals surface area contributed by atoms with Crippen LogP contribution in [0.2, 0.25) is 0 Å². The maximum absolute atomic E-state index is 3.69. The summed E-state index contributed by atoms with van der Waals surface area (Å²) in [5.74, 6) is 0.906. The van der Waals surface area contributed by atoms with Gasteiger partial charge in [-0.1, -0.05) is 19.3 Å². The van der Waals surface area contributed by atoms with E-state index in [1.807, 2.05) is 0 Å². The second-order valence-corrected chi connectivity index (χ2v) is 7.34. The minimum Gasteiger partial charge on any atom is -0.312 e. The van der Waals surface area contributed by atoms with Crippen molar-refractivity contribution in [2.24, 2.45) is 5.92 Å².